The van der Waals surface area contributed by atoms with Crippen molar-refractivity contribution in [1.29, 1.82) is 0 Å². The maximum Gasteiger partial charge on any atom is 0.257 e. The number of imidazole rings is 1. The number of aryl methyl sites for hydroxylation is 2. The van der Waals surface area contributed by atoms with Gasteiger partial charge in [-0.15, -0.1) is 10.2 Å². The molecular weight excluding hydrogens is 374 g/mol. The van der Waals surface area contributed by atoms with Crippen molar-refractivity contribution in [2.75, 3.05) is 5.32 Å². The fraction of sp³-hybridized carbons (Fsp3) is 0.300. The van der Waals surface area contributed by atoms with Crippen LogP contribution in [-0.4, -0.2) is 25.7 Å². The minimum absolute atomic E-state index is 0.231. The number of nitrogens with zero attached hydrogens (tertiary/aromatic N) is 4. The number of hydrogen-bond donors (Lipinski definition) is 1. The molecule has 0 unspecified atom stereocenters. The van der Waals surface area contributed by atoms with Crippen LogP contribution < -0.4 is 5.32 Å². The Bertz CT molecular complexity index is 1100. The number of rotatable bonds is 7. The topological polar surface area (TPSA) is 85.8 Å². The van der Waals surface area contributed by atoms with E-state index in [4.69, 9.17) is 9.40 Å². The van der Waals surface area contributed by atoms with Gasteiger partial charge in [-0.25, -0.2) is 4.98 Å². The number of carbonyl (C=O) groups is 1. The van der Waals surface area contributed by atoms with Gasteiger partial charge >= 0.3 is 0 Å². The van der Waals surface area contributed by atoms with E-state index in [1.807, 2.05) is 18.2 Å². The number of anilines is 1. The molecule has 0 aliphatic heterocycles. The third kappa shape index (κ3) is 3.55. The van der Waals surface area contributed by atoms with Crippen LogP contribution in [-0.2, 0) is 13.0 Å². The van der Waals surface area contributed by atoms with E-state index in [9.17, 15) is 4.79 Å². The number of hydrogen-bond acceptors (Lipinski definition) is 6. The van der Waals surface area contributed by atoms with Gasteiger partial charge in [-0.2, -0.15) is 0 Å². The van der Waals surface area contributed by atoms with Crippen LogP contribution in [0.25, 0.3) is 21.8 Å². The third-order valence-electron chi connectivity index (χ3n) is 4.52. The van der Waals surface area contributed by atoms with E-state index in [0.717, 1.165) is 42.7 Å². The van der Waals surface area contributed by atoms with E-state index in [-0.39, 0.29) is 5.91 Å². The largest absolute Gasteiger partial charge is 0.462 e. The standard InChI is InChI=1S/C20H21N5O2S/c1-3-5-10-25-15-9-8-13(12-14(15)21-17(25)4-2)18(26)22-20-24-23-19(28-20)16-7-6-11-27-16/h6-9,11-12H,3-5,10H2,1-2H3,(H,22,24,26). The number of amides is 1. The summed E-state index contributed by atoms with van der Waals surface area (Å²) in [7, 11) is 0. The number of fused-ring (bicyclic) bond motifs is 1. The van der Waals surface area contributed by atoms with E-state index < -0.39 is 0 Å². The second kappa shape index (κ2) is 7.93. The molecule has 1 amide bonds. The van der Waals surface area contributed by atoms with Crippen molar-refractivity contribution in [3.05, 3.63) is 48.0 Å². The Kier molecular flexibility index (Phi) is 5.21. The van der Waals surface area contributed by atoms with E-state index in [1.54, 1.807) is 18.4 Å². The summed E-state index contributed by atoms with van der Waals surface area (Å²) in [5.41, 5.74) is 2.46. The molecule has 0 aliphatic carbocycles. The summed E-state index contributed by atoms with van der Waals surface area (Å²) in [5.74, 6) is 1.45. The lowest BCUT2D eigenvalue weighted by atomic mass is 10.2. The fourth-order valence-corrected chi connectivity index (χ4v) is 3.81. The molecule has 3 heterocycles. The summed E-state index contributed by atoms with van der Waals surface area (Å²) in [6, 6.07) is 9.23. The molecule has 3 aromatic heterocycles. The van der Waals surface area contributed by atoms with Gasteiger partial charge in [0, 0.05) is 18.5 Å². The first-order valence-corrected chi connectivity index (χ1v) is 10.2. The molecule has 0 radical (unpaired) electrons. The molecule has 0 bridgehead atoms. The number of unbranched alkanes of at least 4 members (excludes halogenated alkanes) is 1. The second-order valence-corrected chi connectivity index (χ2v) is 7.41. The number of nitrogens with one attached hydrogen (secondary N) is 1. The van der Waals surface area contributed by atoms with Gasteiger partial charge in [-0.1, -0.05) is 31.6 Å². The van der Waals surface area contributed by atoms with Crippen molar-refractivity contribution in [3.8, 4) is 10.8 Å². The summed E-state index contributed by atoms with van der Waals surface area (Å²) in [6.45, 7) is 5.23. The van der Waals surface area contributed by atoms with Crippen molar-refractivity contribution in [2.45, 2.75) is 39.7 Å². The monoisotopic (exact) mass is 395 g/mol. The van der Waals surface area contributed by atoms with Gasteiger partial charge in [0.25, 0.3) is 5.91 Å². The predicted molar refractivity (Wildman–Crippen MR) is 110 cm³/mol. The summed E-state index contributed by atoms with van der Waals surface area (Å²) >= 11 is 1.27. The van der Waals surface area contributed by atoms with Gasteiger partial charge in [-0.05, 0) is 36.8 Å². The van der Waals surface area contributed by atoms with Gasteiger partial charge in [0.2, 0.25) is 5.13 Å². The third-order valence-corrected chi connectivity index (χ3v) is 5.37. The van der Waals surface area contributed by atoms with Crippen molar-refractivity contribution >= 4 is 33.4 Å². The van der Waals surface area contributed by atoms with Crippen molar-refractivity contribution < 1.29 is 9.21 Å². The maximum atomic E-state index is 12.7. The van der Waals surface area contributed by atoms with E-state index >= 15 is 0 Å². The van der Waals surface area contributed by atoms with Crippen LogP contribution in [0.2, 0.25) is 0 Å². The average molecular weight is 395 g/mol. The minimum atomic E-state index is -0.231. The molecule has 7 nitrogen and oxygen atoms in total. The molecule has 0 atom stereocenters. The number of furan rings is 1. The molecular formula is C20H21N5O2S. The van der Waals surface area contributed by atoms with Gasteiger partial charge in [-0.3, -0.25) is 10.1 Å². The van der Waals surface area contributed by atoms with Crippen LogP contribution in [0, 0.1) is 0 Å². The Labute approximate surface area is 166 Å². The van der Waals surface area contributed by atoms with Crippen LogP contribution in [0.5, 0.6) is 0 Å². The molecule has 144 valence electrons. The van der Waals surface area contributed by atoms with Crippen molar-refractivity contribution in [3.63, 3.8) is 0 Å². The van der Waals surface area contributed by atoms with Gasteiger partial charge in [0.15, 0.2) is 10.8 Å². The number of carbonyl (C=O) groups excluding carboxylic acids is 1. The quantitative estimate of drug-likeness (QED) is 0.487. The van der Waals surface area contributed by atoms with Gasteiger partial charge in [0.1, 0.15) is 5.82 Å². The second-order valence-electron chi connectivity index (χ2n) is 6.43. The zero-order valence-electron chi connectivity index (χ0n) is 15.8. The zero-order valence-corrected chi connectivity index (χ0v) is 16.6. The molecule has 0 saturated heterocycles. The van der Waals surface area contributed by atoms with E-state index in [0.29, 0.717) is 21.5 Å². The fourth-order valence-electron chi connectivity index (χ4n) is 3.10. The highest BCUT2D eigenvalue weighted by atomic mass is 32.1. The number of benzene rings is 1. The average Bonchev–Trinajstić information content (AvgIpc) is 3.44. The lowest BCUT2D eigenvalue weighted by Crippen LogP contribution is -2.11. The maximum absolute atomic E-state index is 12.7. The van der Waals surface area contributed by atoms with Crippen LogP contribution >= 0.6 is 11.3 Å². The lowest BCUT2D eigenvalue weighted by molar-refractivity contribution is 0.102. The first-order chi connectivity index (χ1) is 13.7. The van der Waals surface area contributed by atoms with Crippen molar-refractivity contribution in [2.24, 2.45) is 0 Å². The summed E-state index contributed by atoms with van der Waals surface area (Å²) in [5, 5.41) is 11.9. The molecule has 0 aliphatic rings. The minimum Gasteiger partial charge on any atom is -0.462 e. The van der Waals surface area contributed by atoms with Gasteiger partial charge in [0.05, 0.1) is 17.3 Å². The summed E-state index contributed by atoms with van der Waals surface area (Å²) < 4.78 is 7.56. The Morgan fingerprint density at radius 1 is 1.25 bits per heavy atom. The lowest BCUT2D eigenvalue weighted by Gasteiger charge is -2.07. The van der Waals surface area contributed by atoms with Crippen LogP contribution in [0.3, 0.4) is 0 Å². The molecule has 1 aromatic carbocycles. The molecule has 4 aromatic rings. The Balaban J connectivity index is 1.56. The predicted octanol–water partition coefficient (Wildman–Crippen LogP) is 4.76. The van der Waals surface area contributed by atoms with E-state index in [1.165, 1.54) is 11.3 Å². The Morgan fingerprint density at radius 2 is 2.14 bits per heavy atom. The normalized spacial score (nSPS) is 11.2. The first kappa shape index (κ1) is 18.4. The molecule has 4 rings (SSSR count). The molecule has 0 spiro atoms. The highest BCUT2D eigenvalue weighted by Crippen LogP contribution is 2.27. The highest BCUT2D eigenvalue weighted by Gasteiger charge is 2.15. The smallest absolute Gasteiger partial charge is 0.257 e. The molecule has 1 N–H and O–H groups in total. The van der Waals surface area contributed by atoms with Crippen LogP contribution in [0.15, 0.2) is 41.0 Å². The molecule has 8 heteroatoms. The van der Waals surface area contributed by atoms with Crippen LogP contribution in [0.1, 0.15) is 42.9 Å². The molecule has 0 saturated carbocycles. The molecule has 28 heavy (non-hydrogen) atoms. The van der Waals surface area contributed by atoms with Crippen molar-refractivity contribution in [1.82, 2.24) is 19.7 Å². The first-order valence-electron chi connectivity index (χ1n) is 9.37. The van der Waals surface area contributed by atoms with Gasteiger partial charge < -0.3 is 8.98 Å². The molecule has 0 fully saturated rings. The summed E-state index contributed by atoms with van der Waals surface area (Å²) in [4.78, 5) is 17.4. The van der Waals surface area contributed by atoms with E-state index in [2.05, 4.69) is 33.9 Å². The zero-order chi connectivity index (χ0) is 19.5. The number of aromatic nitrogens is 4. The van der Waals surface area contributed by atoms with Crippen LogP contribution in [0.4, 0.5) is 5.13 Å². The highest BCUT2D eigenvalue weighted by molar-refractivity contribution is 7.18. The SMILES string of the molecule is CCCCn1c(CC)nc2cc(C(=O)Nc3nnc(-c4ccco4)s3)ccc21. The summed E-state index contributed by atoms with van der Waals surface area (Å²) in [6.07, 6.45) is 4.68. The Morgan fingerprint density at radius 3 is 2.89 bits per heavy atom. The Hall–Kier alpha value is -3.00.